The van der Waals surface area contributed by atoms with Gasteiger partial charge in [0.2, 0.25) is 5.91 Å². The Bertz CT molecular complexity index is 865. The van der Waals surface area contributed by atoms with E-state index in [2.05, 4.69) is 24.7 Å². The molecule has 0 aromatic carbocycles. The number of likely N-dealkylation sites (N-methyl/N-ethyl adjacent to an activating group) is 3. The number of nitrogens with one attached hydrogen (secondary N) is 1. The molecule has 16 heteroatoms. The Balaban J connectivity index is -0.000000138. The molecule has 1 rings (SSSR count). The van der Waals surface area contributed by atoms with Crippen LogP contribution in [0.2, 0.25) is 0 Å². The molecular formula is C26H51N8O8+. The van der Waals surface area contributed by atoms with Gasteiger partial charge in [0.05, 0.1) is 13.2 Å². The molecule has 242 valence electrons. The number of esters is 1. The number of ether oxygens (including phenoxy) is 2. The molecule has 0 aromatic rings. The predicted molar refractivity (Wildman–Crippen MR) is 162 cm³/mol. The Hall–Kier alpha value is -4.12. The van der Waals surface area contributed by atoms with Crippen LogP contribution in [0.25, 0.3) is 9.69 Å². The fraction of sp³-hybridized carbons (Fsp3) is 0.692. The first-order valence-electron chi connectivity index (χ1n) is 12.4. The lowest BCUT2D eigenvalue weighted by Gasteiger charge is -2.18. The van der Waals surface area contributed by atoms with Gasteiger partial charge >= 0.3 is 25.0 Å². The van der Waals surface area contributed by atoms with Crippen LogP contribution in [0.3, 0.4) is 0 Å². The summed E-state index contributed by atoms with van der Waals surface area (Å²) in [6.45, 7) is 15.6. The van der Waals surface area contributed by atoms with Crippen molar-refractivity contribution in [1.82, 2.24) is 20.0 Å². The monoisotopic (exact) mass is 603 g/mol. The highest BCUT2D eigenvalue weighted by molar-refractivity contribution is 5.84. The number of carbonyl (C=O) groups excluding carboxylic acids is 5. The van der Waals surface area contributed by atoms with E-state index in [1.807, 2.05) is 21.0 Å². The Labute approximate surface area is 250 Å². The number of nitrogens with zero attached hydrogens (tertiary/aromatic N) is 6. The van der Waals surface area contributed by atoms with Gasteiger partial charge in [-0.1, -0.05) is 4.85 Å². The maximum Gasteiger partial charge on any atom is 0.386 e. The molecule has 4 N–H and O–H groups in total. The topological polar surface area (TPSA) is 193 Å². The van der Waals surface area contributed by atoms with Gasteiger partial charge in [0.25, 0.3) is 12.5 Å². The van der Waals surface area contributed by atoms with Gasteiger partial charge in [-0.3, -0.25) is 14.4 Å². The number of rotatable bonds is 5. The van der Waals surface area contributed by atoms with Crippen LogP contribution in [-0.2, 0) is 33.4 Å². The Morgan fingerprint density at radius 3 is 1.76 bits per heavy atom. The number of carbonyl (C=O) groups is 5. The van der Waals surface area contributed by atoms with Crippen molar-refractivity contribution in [2.45, 2.75) is 45.1 Å². The SMILES string of the molecule is C#[N+]CC(=O)N(C)C.CC=O.CNC.C[C@H](O)[C@@H](N)C(=O)N(C)C.C[C@H]1OC=N[C@@H]1C(=O)N(C)C.[C-]#[N+]CC(=O)OC. The molecular weight excluding hydrogens is 552 g/mol. The third-order valence-corrected chi connectivity index (χ3v) is 4.04. The van der Waals surface area contributed by atoms with Gasteiger partial charge in [-0.2, -0.15) is 0 Å². The average Bonchev–Trinajstić information content (AvgIpc) is 3.34. The van der Waals surface area contributed by atoms with Crippen molar-refractivity contribution in [2.24, 2.45) is 10.7 Å². The van der Waals surface area contributed by atoms with E-state index in [-0.39, 0.29) is 43.0 Å². The van der Waals surface area contributed by atoms with Crippen molar-refractivity contribution in [3.63, 3.8) is 0 Å². The van der Waals surface area contributed by atoms with Crippen molar-refractivity contribution in [3.8, 4) is 6.57 Å². The predicted octanol–water partition coefficient (Wildman–Crippen LogP) is -1.17. The first-order valence-corrected chi connectivity index (χ1v) is 12.4. The summed E-state index contributed by atoms with van der Waals surface area (Å²) in [5, 5.41) is 11.6. The van der Waals surface area contributed by atoms with E-state index < -0.39 is 18.1 Å². The molecule has 1 heterocycles. The van der Waals surface area contributed by atoms with E-state index in [9.17, 15) is 19.2 Å². The zero-order valence-corrected chi connectivity index (χ0v) is 27.0. The molecule has 3 amide bonds. The Morgan fingerprint density at radius 1 is 1.14 bits per heavy atom. The van der Waals surface area contributed by atoms with Crippen LogP contribution in [0.4, 0.5) is 0 Å². The lowest BCUT2D eigenvalue weighted by Crippen LogP contribution is -2.46. The molecule has 0 aliphatic carbocycles. The van der Waals surface area contributed by atoms with Crippen LogP contribution in [0.15, 0.2) is 4.99 Å². The zero-order valence-electron chi connectivity index (χ0n) is 27.0. The molecule has 0 saturated carbocycles. The first kappa shape index (κ1) is 47.7. The van der Waals surface area contributed by atoms with Crippen molar-refractivity contribution in [1.29, 1.82) is 0 Å². The molecule has 0 aromatic heterocycles. The molecule has 0 fully saturated rings. The van der Waals surface area contributed by atoms with Crippen molar-refractivity contribution in [2.75, 3.05) is 76.6 Å². The molecule has 0 bridgehead atoms. The van der Waals surface area contributed by atoms with E-state index >= 15 is 0 Å². The number of aliphatic imine (C=N–C) groups is 1. The van der Waals surface area contributed by atoms with Crippen LogP contribution < -0.4 is 11.1 Å². The number of methoxy groups -OCH3 is 1. The van der Waals surface area contributed by atoms with Gasteiger partial charge in [0.1, 0.15) is 18.4 Å². The van der Waals surface area contributed by atoms with Crippen molar-refractivity contribution >= 4 is 36.4 Å². The first-order chi connectivity index (χ1) is 19.4. The summed E-state index contributed by atoms with van der Waals surface area (Å²) < 4.78 is 9.14. The Morgan fingerprint density at radius 2 is 1.60 bits per heavy atom. The van der Waals surface area contributed by atoms with E-state index in [0.717, 1.165) is 6.29 Å². The molecule has 4 atom stereocenters. The van der Waals surface area contributed by atoms with Crippen LogP contribution in [0.5, 0.6) is 0 Å². The molecule has 1 aliphatic heterocycles. The summed E-state index contributed by atoms with van der Waals surface area (Å²) in [5.41, 5.74) is 5.32. The second kappa shape index (κ2) is 31.4. The van der Waals surface area contributed by atoms with Gasteiger partial charge in [0.15, 0.2) is 12.4 Å². The van der Waals surface area contributed by atoms with Crippen LogP contribution in [0.1, 0.15) is 20.8 Å². The van der Waals surface area contributed by atoms with Gasteiger partial charge in [-0.25, -0.2) is 16.4 Å². The standard InChI is InChI=1S/C7H12N2O2.C6H14N2O2.C5H9N2O.C4H5NO2.C2H7N.C2H4O/c1-5-6(8-4-11-5)7(10)9(2)3;1-4(9)5(7)6(10)8(2)3;1-6-4-5(8)7(2)3;1-5-3-4(6)7-2;1-3-2;1-2-3/h4-6H,1-3H3;4-5,9H,7H2,1-3H3;1H,4H2,2-3H3;3H2,2H3;3H,1-2H3;2H,1H3/q;;+1;;;/t5-,6+;4-,5+;;;;/m10..../s1. The molecule has 0 unspecified atom stereocenters. The fourth-order valence-corrected chi connectivity index (χ4v) is 1.77. The molecule has 0 spiro atoms. The second-order valence-electron chi connectivity index (χ2n) is 8.53. The van der Waals surface area contributed by atoms with Crippen molar-refractivity contribution in [3.05, 3.63) is 16.3 Å². The minimum absolute atomic E-state index is 0.00810. The second-order valence-corrected chi connectivity index (χ2v) is 8.53. The summed E-state index contributed by atoms with van der Waals surface area (Å²) in [6.07, 6.45) is 1.19. The highest BCUT2D eigenvalue weighted by atomic mass is 16.5. The third kappa shape index (κ3) is 30.4. The van der Waals surface area contributed by atoms with Gasteiger partial charge < -0.3 is 50.0 Å². The molecule has 0 radical (unpaired) electrons. The lowest BCUT2D eigenvalue weighted by atomic mass is 10.2. The normalized spacial score (nSPS) is 14.6. The molecule has 1 aliphatic rings. The van der Waals surface area contributed by atoms with E-state index in [4.69, 9.17) is 33.5 Å². The minimum atomic E-state index is -0.796. The average molecular weight is 604 g/mol. The number of hydrogen-bond donors (Lipinski definition) is 3. The zero-order chi connectivity index (χ0) is 34.4. The van der Waals surface area contributed by atoms with Crippen LogP contribution in [-0.4, -0.2) is 157 Å². The van der Waals surface area contributed by atoms with Crippen LogP contribution in [0, 0.1) is 13.1 Å². The summed E-state index contributed by atoms with van der Waals surface area (Å²) >= 11 is 0. The summed E-state index contributed by atoms with van der Waals surface area (Å²) in [5.74, 6) is -0.816. The number of aliphatic hydroxyl groups is 1. The van der Waals surface area contributed by atoms with Crippen LogP contribution >= 0.6 is 0 Å². The maximum absolute atomic E-state index is 11.3. The van der Waals surface area contributed by atoms with Gasteiger partial charge in [-0.15, -0.1) is 0 Å². The highest BCUT2D eigenvalue weighted by Gasteiger charge is 2.29. The smallest absolute Gasteiger partial charge is 0.386 e. The number of aldehydes is 1. The fourth-order valence-electron chi connectivity index (χ4n) is 1.77. The van der Waals surface area contributed by atoms with Crippen molar-refractivity contribution < 1.29 is 38.6 Å². The minimum Gasteiger partial charge on any atom is -0.478 e. The molecule has 16 nitrogen and oxygen atoms in total. The molecule has 42 heavy (non-hydrogen) atoms. The van der Waals surface area contributed by atoms with Gasteiger partial charge in [-0.05, 0) is 34.9 Å². The highest BCUT2D eigenvalue weighted by Crippen LogP contribution is 2.10. The summed E-state index contributed by atoms with van der Waals surface area (Å²) in [7, 11) is 15.0. The summed E-state index contributed by atoms with van der Waals surface area (Å²) in [6, 6.07) is -1.14. The number of amides is 3. The Kier molecular flexibility index (Phi) is 35.6. The number of hydrogen-bond acceptors (Lipinski definition) is 11. The maximum atomic E-state index is 11.3. The van der Waals surface area contributed by atoms with E-state index in [0.29, 0.717) is 0 Å². The quantitative estimate of drug-likeness (QED) is 0.196. The van der Waals surface area contributed by atoms with E-state index in [1.54, 1.807) is 42.3 Å². The lowest BCUT2D eigenvalue weighted by molar-refractivity contribution is -0.138. The van der Waals surface area contributed by atoms with E-state index in [1.165, 1.54) is 42.1 Å². The third-order valence-electron chi connectivity index (χ3n) is 4.04. The molecule has 0 saturated heterocycles. The largest absolute Gasteiger partial charge is 0.478 e. The number of aliphatic hydroxyl groups excluding tert-OH is 1. The summed E-state index contributed by atoms with van der Waals surface area (Å²) in [4.78, 5) is 65.7. The van der Waals surface area contributed by atoms with Gasteiger partial charge in [0, 0.05) is 42.3 Å². The number of nitrogens with two attached hydrogens (primary N) is 1.